The van der Waals surface area contributed by atoms with Gasteiger partial charge in [-0.05, 0) is 111 Å². The van der Waals surface area contributed by atoms with Gasteiger partial charge in [-0.2, -0.15) is 0 Å². The predicted octanol–water partition coefficient (Wildman–Crippen LogP) is 12.0. The van der Waals surface area contributed by atoms with E-state index in [0.29, 0.717) is 12.1 Å². The van der Waals surface area contributed by atoms with E-state index >= 15 is 0 Å². The second-order valence-corrected chi connectivity index (χ2v) is 20.4. The van der Waals surface area contributed by atoms with E-state index in [1.807, 2.05) is 48.5 Å². The smallest absolute Gasteiger partial charge is 0.0406 e. The molecule has 9 nitrogen and oxygen atoms in total. The van der Waals surface area contributed by atoms with E-state index in [4.69, 9.17) is 46.4 Å². The minimum absolute atomic E-state index is 0. The fraction of sp³-hybridized carbons (Fsp3) is 0.538. The Morgan fingerprint density at radius 1 is 0.301 bits per heavy atom. The van der Waals surface area contributed by atoms with Crippen LogP contribution in [0.1, 0.15) is 48.9 Å². The van der Waals surface area contributed by atoms with E-state index in [9.17, 15) is 0 Å². The van der Waals surface area contributed by atoms with Gasteiger partial charge in [0.15, 0.2) is 0 Å². The molecule has 0 radical (unpaired) electrons. The molecule has 4 fully saturated rings. The first-order chi connectivity index (χ1) is 31.1. The van der Waals surface area contributed by atoms with Crippen LogP contribution in [0.2, 0.25) is 20.1 Å². The van der Waals surface area contributed by atoms with Gasteiger partial charge < -0.3 is 15.3 Å². The average molecular weight is 1260 g/mol. The highest BCUT2D eigenvalue weighted by Gasteiger charge is 2.25. The molecule has 2 atom stereocenters. The van der Waals surface area contributed by atoms with Crippen LogP contribution in [-0.4, -0.2) is 175 Å². The van der Waals surface area contributed by atoms with Crippen molar-refractivity contribution < 1.29 is 5.48 Å². The molecule has 0 aliphatic carbocycles. The van der Waals surface area contributed by atoms with E-state index < -0.39 is 0 Å². The molecule has 420 valence electrons. The second-order valence-electron chi connectivity index (χ2n) is 18.6. The third kappa shape index (κ3) is 27.1. The topological polar surface area (TPSA) is 57.4 Å². The van der Waals surface area contributed by atoms with E-state index in [1.54, 1.807) is 0 Å². The highest BCUT2D eigenvalue weighted by atomic mass is 35.5. The molecule has 4 aromatic carbocycles. The lowest BCUT2D eigenvalue weighted by Crippen LogP contribution is -2.50. The zero-order valence-corrected chi connectivity index (χ0v) is 51.8. The van der Waals surface area contributed by atoms with Crippen molar-refractivity contribution >= 4 is 146 Å². The maximum atomic E-state index is 6.01. The molecular formula is C52H82Cl12N8O. The monoisotopic (exact) mass is 1250 g/mol. The molecule has 0 aromatic heterocycles. The van der Waals surface area contributed by atoms with Crippen molar-refractivity contribution in [2.75, 3.05) is 118 Å². The summed E-state index contributed by atoms with van der Waals surface area (Å²) in [4.78, 5) is 20.9. The molecule has 2 N–H and O–H groups in total. The van der Waals surface area contributed by atoms with Crippen molar-refractivity contribution in [1.29, 1.82) is 0 Å². The number of piperazine rings is 4. The Morgan fingerprint density at radius 2 is 0.479 bits per heavy atom. The normalized spacial score (nSPS) is 17.9. The number of hydrogen-bond acceptors (Lipinski definition) is 8. The number of hydrogen-bond donors (Lipinski definition) is 0. The fourth-order valence-corrected chi connectivity index (χ4v) is 10.1. The number of nitrogens with zero attached hydrogens (tertiary/aromatic N) is 8. The molecular weight excluding hydrogens is 1180 g/mol. The quantitative estimate of drug-likeness (QED) is 0.110. The lowest BCUT2D eigenvalue weighted by Gasteiger charge is -2.39. The van der Waals surface area contributed by atoms with Crippen LogP contribution in [0, 0.1) is 0 Å². The predicted molar refractivity (Wildman–Crippen MR) is 333 cm³/mol. The summed E-state index contributed by atoms with van der Waals surface area (Å²) in [7, 11) is 0. The summed E-state index contributed by atoms with van der Waals surface area (Å²) in [5.74, 6) is 0. The van der Waals surface area contributed by atoms with Crippen molar-refractivity contribution in [3.63, 3.8) is 0 Å². The Labute approximate surface area is 508 Å². The standard InChI is InChI=1S/2C26H36Cl2N4.8ClH.H2O/c2*1-22(32-18-16-31(17-19-32)21-24-4-8-26(28)9-5-24)10-11-29-12-14-30(15-13-29)20-23-2-6-25(27)7-3-23;;;;;;;;;/h2*2-9,22H,10-21H2,1H3;8*1H;1H2. The van der Waals surface area contributed by atoms with Crippen LogP contribution in [0.15, 0.2) is 97.1 Å². The van der Waals surface area contributed by atoms with Crippen LogP contribution in [0.5, 0.6) is 0 Å². The van der Waals surface area contributed by atoms with Gasteiger partial charge in [-0.25, -0.2) is 0 Å². The van der Waals surface area contributed by atoms with Gasteiger partial charge in [-0.1, -0.05) is 94.9 Å². The van der Waals surface area contributed by atoms with Crippen LogP contribution in [0.25, 0.3) is 0 Å². The molecule has 0 amide bonds. The van der Waals surface area contributed by atoms with Gasteiger partial charge in [0.1, 0.15) is 0 Å². The third-order valence-electron chi connectivity index (χ3n) is 14.0. The Hall–Kier alpha value is 0.00000000000000170. The highest BCUT2D eigenvalue weighted by molar-refractivity contribution is 6.31. The summed E-state index contributed by atoms with van der Waals surface area (Å²) < 4.78 is 0. The van der Waals surface area contributed by atoms with E-state index in [1.165, 1.54) is 101 Å². The first kappa shape index (κ1) is 77.2. The minimum atomic E-state index is 0. The Kier molecular flexibility index (Phi) is 43.5. The molecule has 2 unspecified atom stereocenters. The molecule has 0 spiro atoms. The largest absolute Gasteiger partial charge is 0.412 e. The molecule has 73 heavy (non-hydrogen) atoms. The molecule has 4 saturated heterocycles. The average Bonchev–Trinajstić information content (AvgIpc) is 3.32. The van der Waals surface area contributed by atoms with Crippen molar-refractivity contribution in [2.24, 2.45) is 0 Å². The lowest BCUT2D eigenvalue weighted by atomic mass is 10.1. The minimum Gasteiger partial charge on any atom is -0.412 e. The van der Waals surface area contributed by atoms with Gasteiger partial charge in [0, 0.05) is 163 Å². The zero-order chi connectivity index (χ0) is 44.7. The van der Waals surface area contributed by atoms with E-state index in [-0.39, 0.29) is 105 Å². The first-order valence-corrected chi connectivity index (χ1v) is 25.4. The van der Waals surface area contributed by atoms with Gasteiger partial charge in [0.2, 0.25) is 0 Å². The van der Waals surface area contributed by atoms with Crippen molar-refractivity contribution in [2.45, 2.75) is 65.0 Å². The Balaban J connectivity index is -0.00000120. The van der Waals surface area contributed by atoms with Crippen LogP contribution in [0.3, 0.4) is 0 Å². The van der Waals surface area contributed by atoms with Gasteiger partial charge in [-0.15, -0.1) is 99.3 Å². The maximum absolute atomic E-state index is 6.01. The molecule has 4 aliphatic rings. The number of halogens is 12. The number of rotatable bonds is 16. The molecule has 4 aliphatic heterocycles. The van der Waals surface area contributed by atoms with Crippen LogP contribution in [-0.2, 0) is 26.2 Å². The lowest BCUT2D eigenvalue weighted by molar-refractivity contribution is 0.0796. The van der Waals surface area contributed by atoms with Crippen molar-refractivity contribution in [3.05, 3.63) is 139 Å². The second kappa shape index (κ2) is 41.1. The molecule has 4 aromatic rings. The van der Waals surface area contributed by atoms with Crippen LogP contribution < -0.4 is 0 Å². The number of benzene rings is 4. The molecule has 0 saturated carbocycles. The summed E-state index contributed by atoms with van der Waals surface area (Å²) in [5, 5.41) is 3.26. The third-order valence-corrected chi connectivity index (χ3v) is 15.0. The maximum Gasteiger partial charge on any atom is 0.0406 e. The Morgan fingerprint density at radius 3 is 0.685 bits per heavy atom. The van der Waals surface area contributed by atoms with Crippen molar-refractivity contribution in [1.82, 2.24) is 39.2 Å². The van der Waals surface area contributed by atoms with Gasteiger partial charge >= 0.3 is 0 Å². The van der Waals surface area contributed by atoms with Gasteiger partial charge in [-0.3, -0.25) is 29.4 Å². The van der Waals surface area contributed by atoms with E-state index in [0.717, 1.165) is 98.6 Å². The van der Waals surface area contributed by atoms with E-state index in [2.05, 4.69) is 102 Å². The summed E-state index contributed by atoms with van der Waals surface area (Å²) >= 11 is 24.0. The summed E-state index contributed by atoms with van der Waals surface area (Å²) in [6.07, 6.45) is 2.52. The molecule has 8 rings (SSSR count). The molecule has 0 bridgehead atoms. The zero-order valence-electron chi connectivity index (χ0n) is 42.2. The molecule has 4 heterocycles. The highest BCUT2D eigenvalue weighted by Crippen LogP contribution is 2.19. The summed E-state index contributed by atoms with van der Waals surface area (Å²) in [6, 6.07) is 34.4. The SMILES string of the molecule is CC(CCN1CCN(Cc2ccc(Cl)cc2)CC1)N1CCN(Cc2ccc(Cl)cc2)CC1.CC(CCN1CCN(Cc2ccc(Cl)cc2)CC1)N1CCN(Cc2ccc(Cl)cc2)CC1.Cl.Cl.Cl.Cl.Cl.Cl.Cl.Cl.O. The van der Waals surface area contributed by atoms with Gasteiger partial charge in [0.05, 0.1) is 0 Å². The van der Waals surface area contributed by atoms with Crippen LogP contribution >= 0.6 is 146 Å². The summed E-state index contributed by atoms with van der Waals surface area (Å²) in [6.45, 7) is 29.9. The fourth-order valence-electron chi connectivity index (χ4n) is 9.56. The van der Waals surface area contributed by atoms with Crippen LogP contribution in [0.4, 0.5) is 0 Å². The summed E-state index contributed by atoms with van der Waals surface area (Å²) in [5.41, 5.74) is 5.41. The van der Waals surface area contributed by atoms with Gasteiger partial charge in [0.25, 0.3) is 0 Å². The first-order valence-electron chi connectivity index (χ1n) is 23.9. The molecule has 21 heteroatoms. The Bertz CT molecular complexity index is 1800. The van der Waals surface area contributed by atoms with Crippen molar-refractivity contribution in [3.8, 4) is 0 Å².